The van der Waals surface area contributed by atoms with E-state index in [0.717, 1.165) is 28.1 Å². The number of carbonyl (C=O) groups is 1. The molecule has 1 aliphatic heterocycles. The van der Waals surface area contributed by atoms with Gasteiger partial charge in [0.1, 0.15) is 17.7 Å². The third kappa shape index (κ3) is 5.69. The highest BCUT2D eigenvalue weighted by Crippen LogP contribution is 2.41. The predicted molar refractivity (Wildman–Crippen MR) is 136 cm³/mol. The third-order valence-corrected chi connectivity index (χ3v) is 7.81. The van der Waals surface area contributed by atoms with E-state index in [1.807, 2.05) is 38.1 Å². The number of fused-ring (bicyclic) bond motifs is 1. The number of carboxylic acid groups (broad SMARTS) is 1. The Morgan fingerprint density at radius 1 is 1.16 bits per heavy atom. The minimum absolute atomic E-state index is 0.0107. The molecule has 8 nitrogen and oxygen atoms in total. The highest BCUT2D eigenvalue weighted by Gasteiger charge is 2.37. The number of hydrogen-bond acceptors (Lipinski definition) is 6. The second kappa shape index (κ2) is 10.2. The van der Waals surface area contributed by atoms with Crippen LogP contribution in [0.15, 0.2) is 59.5 Å². The second-order valence-electron chi connectivity index (χ2n) is 9.20. The molecule has 3 aromatic rings. The van der Waals surface area contributed by atoms with Crippen LogP contribution in [-0.4, -0.2) is 51.2 Å². The Hall–Kier alpha value is -3.80. The minimum Gasteiger partial charge on any atom is -0.486 e. The minimum atomic E-state index is -4.73. The highest BCUT2D eigenvalue weighted by atomic mass is 32.2. The maximum Gasteiger partial charge on any atom is 0.416 e. The van der Waals surface area contributed by atoms with Gasteiger partial charge in [0, 0.05) is 26.1 Å². The Bertz CT molecular complexity index is 1480. The van der Waals surface area contributed by atoms with E-state index in [-0.39, 0.29) is 30.8 Å². The standard InChI is InChI=1S/C26H26F3N3O5S/c1-16-11-21(30-24(12-16)31(2)3)17-7-9-23-22(13-17)32(15-19(37-23)8-10-25(33)34)38(35,36)20-6-4-5-18(14-20)26(27,28)29/h4-7,9,11-14,19H,8,10,15H2,1-3H3,(H,33,34)/t19-/m0/s1. The van der Waals surface area contributed by atoms with Crippen molar-refractivity contribution in [3.05, 3.63) is 65.7 Å². The molecule has 0 aliphatic carbocycles. The topological polar surface area (TPSA) is 100 Å². The lowest BCUT2D eigenvalue weighted by molar-refractivity contribution is -0.138. The van der Waals surface area contributed by atoms with Crippen LogP contribution in [0.5, 0.6) is 5.75 Å². The van der Waals surface area contributed by atoms with Gasteiger partial charge in [0.25, 0.3) is 10.0 Å². The molecule has 0 saturated carbocycles. The fraction of sp³-hybridized carbons (Fsp3) is 0.308. The lowest BCUT2D eigenvalue weighted by Gasteiger charge is -2.35. The number of benzene rings is 2. The molecule has 2 heterocycles. The van der Waals surface area contributed by atoms with E-state index in [4.69, 9.17) is 9.84 Å². The summed E-state index contributed by atoms with van der Waals surface area (Å²) in [7, 11) is -0.801. The van der Waals surface area contributed by atoms with Crippen LogP contribution in [-0.2, 0) is 21.0 Å². The number of aryl methyl sites for hydroxylation is 1. The number of nitrogens with zero attached hydrogens (tertiary/aromatic N) is 3. The largest absolute Gasteiger partial charge is 0.486 e. The number of rotatable bonds is 7. The van der Waals surface area contributed by atoms with Crippen LogP contribution in [0.2, 0.25) is 0 Å². The van der Waals surface area contributed by atoms with Crippen LogP contribution in [0, 0.1) is 6.92 Å². The zero-order valence-corrected chi connectivity index (χ0v) is 21.7. The van der Waals surface area contributed by atoms with Gasteiger partial charge in [-0.05, 0) is 67.4 Å². The Morgan fingerprint density at radius 3 is 2.55 bits per heavy atom. The molecule has 2 aromatic carbocycles. The smallest absolute Gasteiger partial charge is 0.416 e. The monoisotopic (exact) mass is 549 g/mol. The number of pyridine rings is 1. The summed E-state index contributed by atoms with van der Waals surface area (Å²) in [4.78, 5) is 17.0. The molecule has 1 N–H and O–H groups in total. The third-order valence-electron chi connectivity index (χ3n) is 6.03. The van der Waals surface area contributed by atoms with Gasteiger partial charge in [-0.1, -0.05) is 6.07 Å². The Morgan fingerprint density at radius 2 is 1.89 bits per heavy atom. The molecule has 4 rings (SSSR count). The van der Waals surface area contributed by atoms with Crippen molar-refractivity contribution in [2.75, 3.05) is 29.8 Å². The molecule has 202 valence electrons. The number of sulfonamides is 1. The number of carboxylic acids is 1. The fourth-order valence-corrected chi connectivity index (χ4v) is 5.66. The number of halogens is 3. The molecule has 0 unspecified atom stereocenters. The van der Waals surface area contributed by atoms with Crippen LogP contribution >= 0.6 is 0 Å². The number of hydrogen-bond donors (Lipinski definition) is 1. The first kappa shape index (κ1) is 27.2. The van der Waals surface area contributed by atoms with Gasteiger partial charge in [0.2, 0.25) is 0 Å². The SMILES string of the molecule is Cc1cc(-c2ccc3c(c2)N(S(=O)(=O)c2cccc(C(F)(F)F)c2)C[C@H](CCC(=O)O)O3)nc(N(C)C)c1. The van der Waals surface area contributed by atoms with Crippen LogP contribution in [0.3, 0.4) is 0 Å². The van der Waals surface area contributed by atoms with E-state index in [0.29, 0.717) is 23.1 Å². The summed E-state index contributed by atoms with van der Waals surface area (Å²) >= 11 is 0. The van der Waals surface area contributed by atoms with Crippen molar-refractivity contribution < 1.29 is 36.2 Å². The van der Waals surface area contributed by atoms with Crippen molar-refractivity contribution in [2.45, 2.75) is 36.9 Å². The van der Waals surface area contributed by atoms with E-state index in [2.05, 4.69) is 4.98 Å². The molecule has 1 aromatic heterocycles. The Balaban J connectivity index is 1.83. The summed E-state index contributed by atoms with van der Waals surface area (Å²) in [6, 6.07) is 12.1. The zero-order valence-electron chi connectivity index (χ0n) is 20.9. The quantitative estimate of drug-likeness (QED) is 0.445. The van der Waals surface area contributed by atoms with E-state index in [1.165, 1.54) is 0 Å². The maximum atomic E-state index is 13.7. The number of ether oxygens (including phenoxy) is 1. The predicted octanol–water partition coefficient (Wildman–Crippen LogP) is 4.96. The molecule has 1 aliphatic rings. The molecule has 0 radical (unpaired) electrons. The lowest BCUT2D eigenvalue weighted by Crippen LogP contribution is -2.43. The summed E-state index contributed by atoms with van der Waals surface area (Å²) in [6.07, 6.45) is -5.80. The van der Waals surface area contributed by atoms with Gasteiger partial charge < -0.3 is 14.7 Å². The first-order valence-electron chi connectivity index (χ1n) is 11.6. The second-order valence-corrected chi connectivity index (χ2v) is 11.1. The van der Waals surface area contributed by atoms with E-state index < -0.39 is 38.7 Å². The van der Waals surface area contributed by atoms with Gasteiger partial charge in [-0.2, -0.15) is 13.2 Å². The van der Waals surface area contributed by atoms with E-state index in [1.54, 1.807) is 18.2 Å². The van der Waals surface area contributed by atoms with Crippen molar-refractivity contribution in [1.29, 1.82) is 0 Å². The normalized spacial score (nSPS) is 15.5. The van der Waals surface area contributed by atoms with Gasteiger partial charge in [0.15, 0.2) is 0 Å². The van der Waals surface area contributed by atoms with Gasteiger partial charge >= 0.3 is 12.1 Å². The molecule has 0 spiro atoms. The van der Waals surface area contributed by atoms with Crippen molar-refractivity contribution in [2.24, 2.45) is 0 Å². The number of aromatic nitrogens is 1. The average Bonchev–Trinajstić information content (AvgIpc) is 2.85. The Labute approximate surface area is 218 Å². The molecule has 1 atom stereocenters. The fourth-order valence-electron chi connectivity index (χ4n) is 4.12. The molecule has 12 heteroatoms. The highest BCUT2D eigenvalue weighted by molar-refractivity contribution is 7.92. The van der Waals surface area contributed by atoms with Gasteiger partial charge in [-0.3, -0.25) is 9.10 Å². The van der Waals surface area contributed by atoms with Crippen molar-refractivity contribution in [3.8, 4) is 17.0 Å². The summed E-state index contributed by atoms with van der Waals surface area (Å²) in [5.41, 5.74) is 1.10. The molecule has 0 amide bonds. The first-order chi connectivity index (χ1) is 17.8. The first-order valence-corrected chi connectivity index (χ1v) is 13.1. The van der Waals surface area contributed by atoms with Crippen LogP contribution in [0.4, 0.5) is 24.7 Å². The molecule has 0 saturated heterocycles. The zero-order chi connectivity index (χ0) is 27.8. The Kier molecular flexibility index (Phi) is 7.29. The van der Waals surface area contributed by atoms with Crippen molar-refractivity contribution in [3.63, 3.8) is 0 Å². The lowest BCUT2D eigenvalue weighted by atomic mass is 10.1. The summed E-state index contributed by atoms with van der Waals surface area (Å²) in [5.74, 6) is -0.216. The molecule has 0 fully saturated rings. The van der Waals surface area contributed by atoms with Crippen molar-refractivity contribution in [1.82, 2.24) is 4.98 Å². The van der Waals surface area contributed by atoms with Crippen molar-refractivity contribution >= 4 is 27.5 Å². The summed E-state index contributed by atoms with van der Waals surface area (Å²) in [5, 5.41) is 9.09. The van der Waals surface area contributed by atoms with E-state index in [9.17, 15) is 26.4 Å². The van der Waals surface area contributed by atoms with Crippen LogP contribution in [0.25, 0.3) is 11.3 Å². The summed E-state index contributed by atoms with van der Waals surface area (Å²) in [6.45, 7) is 1.63. The molecule has 0 bridgehead atoms. The number of aliphatic carboxylic acids is 1. The number of anilines is 2. The molecular formula is C26H26F3N3O5S. The molecular weight excluding hydrogens is 523 g/mol. The van der Waals surface area contributed by atoms with Gasteiger partial charge in [0.05, 0.1) is 28.4 Å². The van der Waals surface area contributed by atoms with Crippen LogP contribution < -0.4 is 13.9 Å². The number of alkyl halides is 3. The van der Waals surface area contributed by atoms with Gasteiger partial charge in [-0.15, -0.1) is 0 Å². The average molecular weight is 550 g/mol. The van der Waals surface area contributed by atoms with Crippen LogP contribution in [0.1, 0.15) is 24.0 Å². The van der Waals surface area contributed by atoms with E-state index >= 15 is 0 Å². The maximum absolute atomic E-state index is 13.7. The summed E-state index contributed by atoms with van der Waals surface area (Å²) < 4.78 is 74.4. The molecule has 38 heavy (non-hydrogen) atoms. The van der Waals surface area contributed by atoms with Gasteiger partial charge in [-0.25, -0.2) is 13.4 Å².